The molecule has 1 aliphatic rings. The van der Waals surface area contributed by atoms with Gasteiger partial charge in [-0.1, -0.05) is 36.8 Å². The summed E-state index contributed by atoms with van der Waals surface area (Å²) in [4.78, 5) is 19.7. The minimum atomic E-state index is -3.51. The highest BCUT2D eigenvalue weighted by Crippen LogP contribution is 2.25. The number of benzene rings is 2. The van der Waals surface area contributed by atoms with E-state index in [4.69, 9.17) is 0 Å². The van der Waals surface area contributed by atoms with Crippen LogP contribution in [0.2, 0.25) is 0 Å². The minimum absolute atomic E-state index is 0.0341. The zero-order valence-corrected chi connectivity index (χ0v) is 21.6. The molecular weight excluding hydrogens is 462 g/mol. The van der Waals surface area contributed by atoms with Crippen LogP contribution < -0.4 is 5.32 Å². The molecule has 2 heterocycles. The van der Waals surface area contributed by atoms with Gasteiger partial charge in [0.25, 0.3) is 0 Å². The van der Waals surface area contributed by atoms with E-state index in [0.29, 0.717) is 38.0 Å². The van der Waals surface area contributed by atoms with E-state index in [0.717, 1.165) is 36.2 Å². The zero-order valence-electron chi connectivity index (χ0n) is 20.8. The molecule has 1 atom stereocenters. The Morgan fingerprint density at radius 3 is 2.49 bits per heavy atom. The second-order valence-corrected chi connectivity index (χ2v) is 11.3. The molecule has 0 aliphatic carbocycles. The van der Waals surface area contributed by atoms with Crippen LogP contribution in [-0.2, 0) is 28.3 Å². The number of aromatic nitrogens is 2. The third kappa shape index (κ3) is 5.74. The van der Waals surface area contributed by atoms with E-state index < -0.39 is 10.0 Å². The van der Waals surface area contributed by atoms with Crippen LogP contribution in [0, 0.1) is 0 Å². The number of carbonyl (C=O) groups excluding carboxylic acids is 1. The van der Waals surface area contributed by atoms with Gasteiger partial charge in [-0.15, -0.1) is 0 Å². The molecule has 0 spiro atoms. The van der Waals surface area contributed by atoms with Gasteiger partial charge in [-0.05, 0) is 50.7 Å². The van der Waals surface area contributed by atoms with E-state index in [-0.39, 0.29) is 16.8 Å². The summed E-state index contributed by atoms with van der Waals surface area (Å²) in [6.45, 7) is 1.67. The average Bonchev–Trinajstić information content (AvgIpc) is 3.18. The maximum Gasteiger partial charge on any atom is 0.243 e. The number of aryl methyl sites for hydroxylation is 2. The summed E-state index contributed by atoms with van der Waals surface area (Å²) in [5.41, 5.74) is 2.65. The molecule has 1 N–H and O–H groups in total. The van der Waals surface area contributed by atoms with Crippen molar-refractivity contribution in [3.05, 3.63) is 59.9 Å². The quantitative estimate of drug-likeness (QED) is 0.491. The SMILES string of the molecule is CN(C)[C@@H](CNC(=O)CCc1nc2cc(S(=O)(=O)N3CCCCC3)ccc2n1C)c1ccccc1. The Hall–Kier alpha value is -2.75. The van der Waals surface area contributed by atoms with Crippen LogP contribution in [0.1, 0.15) is 43.1 Å². The standard InChI is InChI=1S/C26H35N5O3S/c1-29(2)24(20-10-6-4-7-11-20)19-27-26(32)15-14-25-28-22-18-21(12-13-23(22)30(25)3)35(33,34)31-16-8-5-9-17-31/h4,6-7,10-13,18,24H,5,8-9,14-17,19H2,1-3H3,(H,27,32)/t24-/m0/s1. The Balaban J connectivity index is 1.41. The fourth-order valence-corrected chi connectivity index (χ4v) is 6.20. The van der Waals surface area contributed by atoms with E-state index in [1.807, 2.05) is 50.0 Å². The predicted octanol–water partition coefficient (Wildman–Crippen LogP) is 3.10. The topological polar surface area (TPSA) is 87.5 Å². The molecular formula is C26H35N5O3S. The number of hydrogen-bond donors (Lipinski definition) is 1. The molecule has 0 saturated carbocycles. The summed E-state index contributed by atoms with van der Waals surface area (Å²) < 4.78 is 29.6. The second-order valence-electron chi connectivity index (χ2n) is 9.40. The first kappa shape index (κ1) is 25.3. The molecule has 0 radical (unpaired) electrons. The summed E-state index contributed by atoms with van der Waals surface area (Å²) in [6, 6.07) is 15.3. The number of rotatable bonds is 9. The van der Waals surface area contributed by atoms with Gasteiger partial charge >= 0.3 is 0 Å². The van der Waals surface area contributed by atoms with Crippen LogP contribution in [-0.4, -0.2) is 66.8 Å². The summed E-state index contributed by atoms with van der Waals surface area (Å²) in [5, 5.41) is 3.05. The molecule has 188 valence electrons. The Morgan fingerprint density at radius 1 is 1.09 bits per heavy atom. The van der Waals surface area contributed by atoms with Crippen molar-refractivity contribution in [2.24, 2.45) is 7.05 Å². The van der Waals surface area contributed by atoms with E-state index in [1.165, 1.54) is 0 Å². The summed E-state index contributed by atoms with van der Waals surface area (Å²) in [6.07, 6.45) is 3.66. The van der Waals surface area contributed by atoms with Crippen molar-refractivity contribution >= 4 is 27.0 Å². The molecule has 9 heteroatoms. The van der Waals surface area contributed by atoms with Crippen LogP contribution in [0.3, 0.4) is 0 Å². The van der Waals surface area contributed by atoms with Gasteiger partial charge in [0.2, 0.25) is 15.9 Å². The monoisotopic (exact) mass is 497 g/mol. The van der Waals surface area contributed by atoms with Crippen molar-refractivity contribution < 1.29 is 13.2 Å². The van der Waals surface area contributed by atoms with Crippen LogP contribution in [0.25, 0.3) is 11.0 Å². The molecule has 1 aromatic heterocycles. The number of sulfonamides is 1. The third-order valence-corrected chi connectivity index (χ3v) is 8.67. The smallest absolute Gasteiger partial charge is 0.243 e. The Morgan fingerprint density at radius 2 is 1.80 bits per heavy atom. The number of nitrogens with zero attached hydrogens (tertiary/aromatic N) is 4. The van der Waals surface area contributed by atoms with E-state index in [1.54, 1.807) is 16.4 Å². The highest BCUT2D eigenvalue weighted by atomic mass is 32.2. The van der Waals surface area contributed by atoms with Gasteiger partial charge < -0.3 is 14.8 Å². The maximum absolute atomic E-state index is 13.0. The second kappa shape index (κ2) is 10.9. The highest BCUT2D eigenvalue weighted by Gasteiger charge is 2.26. The molecule has 1 fully saturated rings. The minimum Gasteiger partial charge on any atom is -0.354 e. The molecule has 8 nitrogen and oxygen atoms in total. The van der Waals surface area contributed by atoms with Crippen molar-refractivity contribution in [1.82, 2.24) is 24.1 Å². The molecule has 0 unspecified atom stereocenters. The number of imidazole rings is 1. The van der Waals surface area contributed by atoms with Crippen LogP contribution in [0.5, 0.6) is 0 Å². The highest BCUT2D eigenvalue weighted by molar-refractivity contribution is 7.89. The molecule has 1 amide bonds. The molecule has 1 aliphatic heterocycles. The zero-order chi connectivity index (χ0) is 25.0. The van der Waals surface area contributed by atoms with Gasteiger partial charge in [0.15, 0.2) is 0 Å². The van der Waals surface area contributed by atoms with Gasteiger partial charge in [0.05, 0.1) is 22.0 Å². The summed E-state index contributed by atoms with van der Waals surface area (Å²) in [7, 11) is 2.40. The van der Waals surface area contributed by atoms with Gasteiger partial charge in [-0.2, -0.15) is 4.31 Å². The largest absolute Gasteiger partial charge is 0.354 e. The lowest BCUT2D eigenvalue weighted by atomic mass is 10.1. The van der Waals surface area contributed by atoms with Crippen LogP contribution in [0.15, 0.2) is 53.4 Å². The normalized spacial score (nSPS) is 16.0. The lowest BCUT2D eigenvalue weighted by Gasteiger charge is -2.25. The number of hydrogen-bond acceptors (Lipinski definition) is 5. The van der Waals surface area contributed by atoms with Crippen LogP contribution >= 0.6 is 0 Å². The van der Waals surface area contributed by atoms with Gasteiger partial charge in [0, 0.05) is 39.5 Å². The number of fused-ring (bicyclic) bond motifs is 1. The number of nitrogens with one attached hydrogen (secondary N) is 1. The van der Waals surface area contributed by atoms with Gasteiger partial charge in [-0.3, -0.25) is 4.79 Å². The Labute approximate surface area is 208 Å². The van der Waals surface area contributed by atoms with E-state index in [2.05, 4.69) is 27.3 Å². The van der Waals surface area contributed by atoms with Crippen molar-refractivity contribution in [2.45, 2.75) is 43.0 Å². The third-order valence-electron chi connectivity index (χ3n) is 6.77. The lowest BCUT2D eigenvalue weighted by Crippen LogP contribution is -2.35. The molecule has 2 aromatic carbocycles. The summed E-state index contributed by atoms with van der Waals surface area (Å²) >= 11 is 0. The number of amides is 1. The maximum atomic E-state index is 13.0. The molecule has 3 aromatic rings. The van der Waals surface area contributed by atoms with Crippen LogP contribution in [0.4, 0.5) is 0 Å². The van der Waals surface area contributed by atoms with Crippen molar-refractivity contribution in [2.75, 3.05) is 33.7 Å². The first-order valence-electron chi connectivity index (χ1n) is 12.2. The first-order valence-corrected chi connectivity index (χ1v) is 13.6. The fraction of sp³-hybridized carbons (Fsp3) is 0.462. The van der Waals surface area contributed by atoms with Gasteiger partial charge in [-0.25, -0.2) is 13.4 Å². The number of carbonyl (C=O) groups is 1. The molecule has 1 saturated heterocycles. The Kier molecular flexibility index (Phi) is 7.88. The first-order chi connectivity index (χ1) is 16.8. The number of likely N-dealkylation sites (N-methyl/N-ethyl adjacent to an activating group) is 1. The lowest BCUT2D eigenvalue weighted by molar-refractivity contribution is -0.121. The molecule has 4 rings (SSSR count). The Bertz CT molecular complexity index is 1260. The van der Waals surface area contributed by atoms with Crippen molar-refractivity contribution in [3.63, 3.8) is 0 Å². The fourth-order valence-electron chi connectivity index (χ4n) is 4.67. The van der Waals surface area contributed by atoms with E-state index in [9.17, 15) is 13.2 Å². The molecule has 35 heavy (non-hydrogen) atoms. The van der Waals surface area contributed by atoms with Gasteiger partial charge in [0.1, 0.15) is 5.82 Å². The van der Waals surface area contributed by atoms with Crippen molar-refractivity contribution in [3.8, 4) is 0 Å². The van der Waals surface area contributed by atoms with Crippen molar-refractivity contribution in [1.29, 1.82) is 0 Å². The summed E-state index contributed by atoms with van der Waals surface area (Å²) in [5.74, 6) is 0.725. The van der Waals surface area contributed by atoms with E-state index >= 15 is 0 Å². The molecule has 0 bridgehead atoms. The predicted molar refractivity (Wildman–Crippen MR) is 138 cm³/mol. The number of piperidine rings is 1. The average molecular weight is 498 g/mol.